The monoisotopic (exact) mass is 274 g/mol. The van der Waals surface area contributed by atoms with Gasteiger partial charge in [-0.15, -0.1) is 0 Å². The molecule has 0 unspecified atom stereocenters. The van der Waals surface area contributed by atoms with Crippen LogP contribution in [0.2, 0.25) is 5.02 Å². The van der Waals surface area contributed by atoms with Gasteiger partial charge in [-0.05, 0) is 50.5 Å². The second-order valence-corrected chi connectivity index (χ2v) is 6.04. The van der Waals surface area contributed by atoms with Crippen LogP contribution in [0.25, 0.3) is 0 Å². The van der Waals surface area contributed by atoms with Gasteiger partial charge in [-0.1, -0.05) is 48.0 Å². The zero-order chi connectivity index (χ0) is 13.9. The molecule has 0 aromatic heterocycles. The van der Waals surface area contributed by atoms with Gasteiger partial charge in [-0.3, -0.25) is 0 Å². The van der Waals surface area contributed by atoms with Crippen molar-refractivity contribution in [2.45, 2.75) is 32.8 Å². The van der Waals surface area contributed by atoms with E-state index in [-0.39, 0.29) is 5.60 Å². The SMILES string of the molecule is CC(C)(C)Oc1ccc(Cc2ccccc2)c(Cl)c1. The summed E-state index contributed by atoms with van der Waals surface area (Å²) in [5.41, 5.74) is 2.17. The minimum atomic E-state index is -0.204. The van der Waals surface area contributed by atoms with Crippen molar-refractivity contribution < 1.29 is 4.74 Å². The Labute approximate surface area is 120 Å². The highest BCUT2D eigenvalue weighted by molar-refractivity contribution is 6.31. The molecular weight excluding hydrogens is 256 g/mol. The minimum Gasteiger partial charge on any atom is -0.488 e. The fourth-order valence-electron chi connectivity index (χ4n) is 1.90. The van der Waals surface area contributed by atoms with Gasteiger partial charge >= 0.3 is 0 Å². The summed E-state index contributed by atoms with van der Waals surface area (Å²) in [5.74, 6) is 0.814. The molecule has 2 rings (SSSR count). The van der Waals surface area contributed by atoms with E-state index >= 15 is 0 Å². The van der Waals surface area contributed by atoms with Crippen LogP contribution in [0.3, 0.4) is 0 Å². The highest BCUT2D eigenvalue weighted by Crippen LogP contribution is 2.27. The Morgan fingerprint density at radius 3 is 2.26 bits per heavy atom. The molecule has 1 nitrogen and oxygen atoms in total. The molecule has 0 aliphatic rings. The second-order valence-electron chi connectivity index (χ2n) is 5.63. The number of hydrogen-bond acceptors (Lipinski definition) is 1. The van der Waals surface area contributed by atoms with Crippen LogP contribution < -0.4 is 4.74 Å². The lowest BCUT2D eigenvalue weighted by Gasteiger charge is -2.21. The average Bonchev–Trinajstić information content (AvgIpc) is 2.32. The number of halogens is 1. The summed E-state index contributed by atoms with van der Waals surface area (Å²) < 4.78 is 5.80. The molecule has 0 aliphatic heterocycles. The lowest BCUT2D eigenvalue weighted by atomic mass is 10.0. The molecule has 0 heterocycles. The zero-order valence-corrected chi connectivity index (χ0v) is 12.4. The summed E-state index contributed by atoms with van der Waals surface area (Å²) in [6.45, 7) is 6.08. The van der Waals surface area contributed by atoms with Crippen molar-refractivity contribution >= 4 is 11.6 Å². The van der Waals surface area contributed by atoms with Crippen LogP contribution in [0.4, 0.5) is 0 Å². The maximum Gasteiger partial charge on any atom is 0.121 e. The molecule has 0 amide bonds. The molecule has 0 saturated carbocycles. The first kappa shape index (κ1) is 14.0. The van der Waals surface area contributed by atoms with E-state index in [2.05, 4.69) is 12.1 Å². The molecule has 0 spiro atoms. The summed E-state index contributed by atoms with van der Waals surface area (Å²) >= 11 is 6.33. The van der Waals surface area contributed by atoms with Gasteiger partial charge in [0, 0.05) is 5.02 Å². The molecule has 2 aromatic rings. The standard InChI is InChI=1S/C17H19ClO/c1-17(2,3)19-15-10-9-14(16(18)12-15)11-13-7-5-4-6-8-13/h4-10,12H,11H2,1-3H3. The number of rotatable bonds is 3. The molecule has 0 aliphatic carbocycles. The van der Waals surface area contributed by atoms with Crippen molar-refractivity contribution in [1.82, 2.24) is 0 Å². The third-order valence-electron chi connectivity index (χ3n) is 2.69. The van der Waals surface area contributed by atoms with Gasteiger partial charge in [0.15, 0.2) is 0 Å². The first-order valence-corrected chi connectivity index (χ1v) is 6.83. The summed E-state index contributed by atoms with van der Waals surface area (Å²) in [7, 11) is 0. The maximum atomic E-state index is 6.33. The number of ether oxygens (including phenoxy) is 1. The quantitative estimate of drug-likeness (QED) is 0.756. The first-order chi connectivity index (χ1) is 8.94. The lowest BCUT2D eigenvalue weighted by molar-refractivity contribution is 0.131. The van der Waals surface area contributed by atoms with E-state index in [1.54, 1.807) is 0 Å². The van der Waals surface area contributed by atoms with E-state index in [9.17, 15) is 0 Å². The van der Waals surface area contributed by atoms with Gasteiger partial charge < -0.3 is 4.74 Å². The highest BCUT2D eigenvalue weighted by atomic mass is 35.5. The molecule has 0 radical (unpaired) electrons. The van der Waals surface area contributed by atoms with E-state index in [0.29, 0.717) is 0 Å². The third kappa shape index (κ3) is 4.29. The summed E-state index contributed by atoms with van der Waals surface area (Å²) in [6.07, 6.45) is 0.843. The van der Waals surface area contributed by atoms with E-state index in [0.717, 1.165) is 22.8 Å². The van der Waals surface area contributed by atoms with Crippen LogP contribution in [0.5, 0.6) is 5.75 Å². The zero-order valence-electron chi connectivity index (χ0n) is 11.6. The topological polar surface area (TPSA) is 9.23 Å². The van der Waals surface area contributed by atoms with Crippen molar-refractivity contribution in [3.8, 4) is 5.75 Å². The fourth-order valence-corrected chi connectivity index (χ4v) is 2.14. The molecule has 0 atom stereocenters. The van der Waals surface area contributed by atoms with Crippen molar-refractivity contribution in [3.63, 3.8) is 0 Å². The average molecular weight is 275 g/mol. The van der Waals surface area contributed by atoms with Gasteiger partial charge in [-0.2, -0.15) is 0 Å². The predicted octanol–water partition coefficient (Wildman–Crippen LogP) is 5.11. The van der Waals surface area contributed by atoms with Crippen molar-refractivity contribution in [2.75, 3.05) is 0 Å². The van der Waals surface area contributed by atoms with Gasteiger partial charge in [0.25, 0.3) is 0 Å². The molecule has 19 heavy (non-hydrogen) atoms. The lowest BCUT2D eigenvalue weighted by Crippen LogP contribution is -2.22. The first-order valence-electron chi connectivity index (χ1n) is 6.45. The Hall–Kier alpha value is -1.47. The number of benzene rings is 2. The van der Waals surface area contributed by atoms with Crippen LogP contribution in [0.15, 0.2) is 48.5 Å². The Kier molecular flexibility index (Phi) is 4.16. The molecule has 0 fully saturated rings. The number of hydrogen-bond donors (Lipinski definition) is 0. The third-order valence-corrected chi connectivity index (χ3v) is 3.04. The van der Waals surface area contributed by atoms with Crippen LogP contribution in [0.1, 0.15) is 31.9 Å². The molecule has 2 aromatic carbocycles. The second kappa shape index (κ2) is 5.66. The molecule has 0 N–H and O–H groups in total. The normalized spacial score (nSPS) is 11.4. The Balaban J connectivity index is 2.16. The summed E-state index contributed by atoms with van der Waals surface area (Å²) in [6, 6.07) is 16.2. The highest BCUT2D eigenvalue weighted by Gasteiger charge is 2.12. The molecule has 2 heteroatoms. The minimum absolute atomic E-state index is 0.204. The largest absolute Gasteiger partial charge is 0.488 e. The fraction of sp³-hybridized carbons (Fsp3) is 0.294. The summed E-state index contributed by atoms with van der Waals surface area (Å²) in [4.78, 5) is 0. The predicted molar refractivity (Wildman–Crippen MR) is 81.1 cm³/mol. The van der Waals surface area contributed by atoms with Gasteiger partial charge in [0.1, 0.15) is 11.4 Å². The maximum absolute atomic E-state index is 6.33. The molecular formula is C17H19ClO. The van der Waals surface area contributed by atoms with Crippen LogP contribution in [-0.4, -0.2) is 5.60 Å². The van der Waals surface area contributed by atoms with Crippen molar-refractivity contribution in [2.24, 2.45) is 0 Å². The van der Waals surface area contributed by atoms with Gasteiger partial charge in [-0.25, -0.2) is 0 Å². The van der Waals surface area contributed by atoms with Gasteiger partial charge in [0.2, 0.25) is 0 Å². The summed E-state index contributed by atoms with van der Waals surface area (Å²) in [5, 5.41) is 0.755. The van der Waals surface area contributed by atoms with Crippen molar-refractivity contribution in [3.05, 3.63) is 64.7 Å². The smallest absolute Gasteiger partial charge is 0.121 e. The van der Waals surface area contributed by atoms with Crippen LogP contribution in [-0.2, 0) is 6.42 Å². The van der Waals surface area contributed by atoms with E-state index in [4.69, 9.17) is 16.3 Å². The van der Waals surface area contributed by atoms with Crippen molar-refractivity contribution in [1.29, 1.82) is 0 Å². The van der Waals surface area contributed by atoms with E-state index in [1.807, 2.05) is 57.2 Å². The Morgan fingerprint density at radius 1 is 1.00 bits per heavy atom. The molecule has 0 saturated heterocycles. The Bertz CT molecular complexity index is 541. The van der Waals surface area contributed by atoms with E-state index < -0.39 is 0 Å². The van der Waals surface area contributed by atoms with E-state index in [1.165, 1.54) is 5.56 Å². The van der Waals surface area contributed by atoms with Crippen LogP contribution >= 0.6 is 11.6 Å². The molecule has 100 valence electrons. The molecule has 0 bridgehead atoms. The Morgan fingerprint density at radius 2 is 1.68 bits per heavy atom. The van der Waals surface area contributed by atoms with Gasteiger partial charge in [0.05, 0.1) is 0 Å². The van der Waals surface area contributed by atoms with Crippen LogP contribution in [0, 0.1) is 0 Å².